The molecule has 0 bridgehead atoms. The monoisotopic (exact) mass is 346 g/mol. The summed E-state index contributed by atoms with van der Waals surface area (Å²) in [4.78, 5) is 35.9. The molecule has 0 saturated carbocycles. The number of rotatable bonds is 2. The van der Waals surface area contributed by atoms with Crippen molar-refractivity contribution < 1.29 is 24.6 Å². The van der Waals surface area contributed by atoms with E-state index in [-0.39, 0.29) is 24.9 Å². The molecule has 0 spiro atoms. The van der Waals surface area contributed by atoms with Gasteiger partial charge in [-0.2, -0.15) is 0 Å². The van der Waals surface area contributed by atoms with E-state index >= 15 is 0 Å². The van der Waals surface area contributed by atoms with Crippen LogP contribution in [0.5, 0.6) is 0 Å². The summed E-state index contributed by atoms with van der Waals surface area (Å²) in [6, 6.07) is 7.21. The van der Waals surface area contributed by atoms with Crippen LogP contribution in [0.4, 0.5) is 4.79 Å². The summed E-state index contributed by atoms with van der Waals surface area (Å²) < 4.78 is 0. The highest BCUT2D eigenvalue weighted by Crippen LogP contribution is 2.36. The third-order valence-electron chi connectivity index (χ3n) is 5.53. The number of piperidine rings is 2. The molecule has 1 atom stereocenters. The molecule has 0 aromatic heterocycles. The van der Waals surface area contributed by atoms with Gasteiger partial charge in [0.25, 0.3) is 0 Å². The molecule has 134 valence electrons. The molecule has 0 aliphatic carbocycles. The first-order valence-corrected chi connectivity index (χ1v) is 8.40. The standard InChI is InChI=1S/C18H22N2O5/c1-17(7-6-14(21)19-15(17)22)12-2-4-13(5-3-12)18(25)8-10-20(11-9-18)16(23)24/h2-5,25H,6-11H2,1H3,(H,23,24)(H,19,21,22)/t17-/m1/s1. The van der Waals surface area contributed by atoms with Gasteiger partial charge in [0.05, 0.1) is 11.0 Å². The van der Waals surface area contributed by atoms with Gasteiger partial charge in [0.1, 0.15) is 0 Å². The van der Waals surface area contributed by atoms with Crippen LogP contribution in [0.3, 0.4) is 0 Å². The number of nitrogens with one attached hydrogen (secondary N) is 1. The van der Waals surface area contributed by atoms with Gasteiger partial charge in [-0.1, -0.05) is 24.3 Å². The Hall–Kier alpha value is -2.41. The Balaban J connectivity index is 1.78. The Morgan fingerprint density at radius 3 is 2.16 bits per heavy atom. The summed E-state index contributed by atoms with van der Waals surface area (Å²) in [5.41, 5.74) is -0.303. The SMILES string of the molecule is C[C@]1(c2ccc(C3(O)CCN(C(=O)O)CC3)cc2)CCC(=O)NC1=O. The molecule has 7 heteroatoms. The van der Waals surface area contributed by atoms with Crippen LogP contribution in [0.25, 0.3) is 0 Å². The average Bonchev–Trinajstić information content (AvgIpc) is 2.59. The molecular formula is C18H22N2O5. The Morgan fingerprint density at radius 1 is 1.08 bits per heavy atom. The number of hydrogen-bond donors (Lipinski definition) is 3. The minimum Gasteiger partial charge on any atom is -0.465 e. The van der Waals surface area contributed by atoms with Crippen LogP contribution < -0.4 is 5.32 Å². The fraction of sp³-hybridized carbons (Fsp3) is 0.500. The zero-order valence-electron chi connectivity index (χ0n) is 14.1. The lowest BCUT2D eigenvalue weighted by atomic mass is 9.74. The van der Waals surface area contributed by atoms with E-state index in [1.807, 2.05) is 19.1 Å². The topological polar surface area (TPSA) is 107 Å². The normalized spacial score (nSPS) is 26.2. The van der Waals surface area contributed by atoms with Crippen LogP contribution >= 0.6 is 0 Å². The number of benzene rings is 1. The summed E-state index contributed by atoms with van der Waals surface area (Å²) in [6.07, 6.45) is 0.465. The van der Waals surface area contributed by atoms with E-state index < -0.39 is 17.1 Å². The second-order valence-electron chi connectivity index (χ2n) is 7.09. The lowest BCUT2D eigenvalue weighted by Gasteiger charge is -2.38. The Morgan fingerprint density at radius 2 is 1.64 bits per heavy atom. The third kappa shape index (κ3) is 3.11. The van der Waals surface area contributed by atoms with E-state index in [4.69, 9.17) is 5.11 Å². The van der Waals surface area contributed by atoms with Gasteiger partial charge in [0.15, 0.2) is 0 Å². The highest BCUT2D eigenvalue weighted by atomic mass is 16.4. The average molecular weight is 346 g/mol. The van der Waals surface area contributed by atoms with Crippen molar-refractivity contribution in [3.8, 4) is 0 Å². The number of amides is 3. The molecular weight excluding hydrogens is 324 g/mol. The Kier molecular flexibility index (Phi) is 4.28. The van der Waals surface area contributed by atoms with Gasteiger partial charge in [-0.05, 0) is 37.3 Å². The molecule has 7 nitrogen and oxygen atoms in total. The number of carbonyl (C=O) groups excluding carboxylic acids is 2. The van der Waals surface area contributed by atoms with Gasteiger partial charge >= 0.3 is 6.09 Å². The quantitative estimate of drug-likeness (QED) is 0.701. The predicted octanol–water partition coefficient (Wildman–Crippen LogP) is 1.34. The molecule has 2 aliphatic heterocycles. The predicted molar refractivity (Wildman–Crippen MR) is 88.9 cm³/mol. The van der Waals surface area contributed by atoms with E-state index in [9.17, 15) is 19.5 Å². The summed E-state index contributed by atoms with van der Waals surface area (Å²) in [5.74, 6) is -0.552. The van der Waals surface area contributed by atoms with Crippen LogP contribution in [0.1, 0.15) is 43.7 Å². The molecule has 3 N–H and O–H groups in total. The number of hydrogen-bond acceptors (Lipinski definition) is 4. The number of imide groups is 1. The number of nitrogens with zero attached hydrogens (tertiary/aromatic N) is 1. The smallest absolute Gasteiger partial charge is 0.407 e. The maximum atomic E-state index is 12.2. The van der Waals surface area contributed by atoms with Crippen LogP contribution in [0.15, 0.2) is 24.3 Å². The number of likely N-dealkylation sites (tertiary alicyclic amines) is 1. The van der Waals surface area contributed by atoms with E-state index in [0.717, 1.165) is 11.1 Å². The molecule has 2 saturated heterocycles. The largest absolute Gasteiger partial charge is 0.465 e. The van der Waals surface area contributed by atoms with Crippen molar-refractivity contribution in [2.45, 2.75) is 43.6 Å². The van der Waals surface area contributed by atoms with E-state index in [1.165, 1.54) is 4.90 Å². The van der Waals surface area contributed by atoms with Crippen LogP contribution in [-0.4, -0.2) is 46.1 Å². The van der Waals surface area contributed by atoms with Gasteiger partial charge < -0.3 is 15.1 Å². The molecule has 1 aromatic rings. The lowest BCUT2D eigenvalue weighted by molar-refractivity contribution is -0.137. The van der Waals surface area contributed by atoms with Gasteiger partial charge in [-0.25, -0.2) is 4.79 Å². The van der Waals surface area contributed by atoms with Gasteiger partial charge in [-0.15, -0.1) is 0 Å². The maximum Gasteiger partial charge on any atom is 0.407 e. The number of carboxylic acid groups (broad SMARTS) is 1. The molecule has 25 heavy (non-hydrogen) atoms. The molecule has 2 fully saturated rings. The number of aliphatic hydroxyl groups is 1. The first kappa shape index (κ1) is 17.4. The van der Waals surface area contributed by atoms with Crippen molar-refractivity contribution in [3.05, 3.63) is 35.4 Å². The van der Waals surface area contributed by atoms with Crippen molar-refractivity contribution in [1.82, 2.24) is 10.2 Å². The highest BCUT2D eigenvalue weighted by Gasteiger charge is 2.41. The highest BCUT2D eigenvalue weighted by molar-refractivity contribution is 6.03. The third-order valence-corrected chi connectivity index (χ3v) is 5.53. The molecule has 1 aromatic carbocycles. The van der Waals surface area contributed by atoms with Gasteiger partial charge in [-0.3, -0.25) is 14.9 Å². The van der Waals surface area contributed by atoms with Crippen LogP contribution in [0, 0.1) is 0 Å². The molecule has 2 heterocycles. The first-order valence-electron chi connectivity index (χ1n) is 8.40. The van der Waals surface area contributed by atoms with Crippen molar-refractivity contribution in [2.75, 3.05) is 13.1 Å². The van der Waals surface area contributed by atoms with Crippen LogP contribution in [-0.2, 0) is 20.6 Å². The zero-order chi connectivity index (χ0) is 18.2. The summed E-state index contributed by atoms with van der Waals surface area (Å²) in [6.45, 7) is 2.38. The van der Waals surface area contributed by atoms with E-state index in [2.05, 4.69) is 5.32 Å². The first-order chi connectivity index (χ1) is 11.7. The minimum absolute atomic E-state index is 0.251. The van der Waals surface area contributed by atoms with Crippen LogP contribution in [0.2, 0.25) is 0 Å². The molecule has 0 radical (unpaired) electrons. The van der Waals surface area contributed by atoms with Crippen molar-refractivity contribution >= 4 is 17.9 Å². The lowest BCUT2D eigenvalue weighted by Crippen LogP contribution is -2.49. The fourth-order valence-corrected chi connectivity index (χ4v) is 3.58. The van der Waals surface area contributed by atoms with Gasteiger partial charge in [0, 0.05) is 19.5 Å². The zero-order valence-corrected chi connectivity index (χ0v) is 14.1. The number of carbonyl (C=O) groups is 3. The Bertz CT molecular complexity index is 707. The second kappa shape index (κ2) is 6.15. The molecule has 3 amide bonds. The van der Waals surface area contributed by atoms with Crippen molar-refractivity contribution in [2.24, 2.45) is 0 Å². The molecule has 0 unspecified atom stereocenters. The Labute approximate surface area is 145 Å². The van der Waals surface area contributed by atoms with E-state index in [0.29, 0.717) is 25.7 Å². The van der Waals surface area contributed by atoms with E-state index in [1.54, 1.807) is 12.1 Å². The van der Waals surface area contributed by atoms with Gasteiger partial charge in [0.2, 0.25) is 11.8 Å². The van der Waals surface area contributed by atoms with Crippen molar-refractivity contribution in [3.63, 3.8) is 0 Å². The second-order valence-corrected chi connectivity index (χ2v) is 7.09. The maximum absolute atomic E-state index is 12.2. The summed E-state index contributed by atoms with van der Waals surface area (Å²) in [5, 5.41) is 22.2. The molecule has 3 rings (SSSR count). The summed E-state index contributed by atoms with van der Waals surface area (Å²) in [7, 11) is 0. The summed E-state index contributed by atoms with van der Waals surface area (Å²) >= 11 is 0. The minimum atomic E-state index is -1.06. The molecule has 2 aliphatic rings. The van der Waals surface area contributed by atoms with Crippen molar-refractivity contribution in [1.29, 1.82) is 0 Å². The fourth-order valence-electron chi connectivity index (χ4n) is 3.58.